The molecular formula is C25H28N2O3. The van der Waals surface area contributed by atoms with E-state index in [0.29, 0.717) is 19.4 Å². The van der Waals surface area contributed by atoms with Crippen LogP contribution in [0.25, 0.3) is 10.8 Å². The molecule has 0 aliphatic rings. The molecule has 0 aromatic heterocycles. The van der Waals surface area contributed by atoms with Crippen LogP contribution in [-0.4, -0.2) is 36.9 Å². The molecule has 0 spiro atoms. The average molecular weight is 405 g/mol. The summed E-state index contributed by atoms with van der Waals surface area (Å²) >= 11 is 0. The van der Waals surface area contributed by atoms with Crippen LogP contribution in [0.2, 0.25) is 0 Å². The summed E-state index contributed by atoms with van der Waals surface area (Å²) in [5, 5.41) is 5.08. The van der Waals surface area contributed by atoms with Crippen LogP contribution in [0.3, 0.4) is 0 Å². The van der Waals surface area contributed by atoms with Gasteiger partial charge in [0.2, 0.25) is 11.8 Å². The van der Waals surface area contributed by atoms with Gasteiger partial charge >= 0.3 is 0 Å². The fourth-order valence-electron chi connectivity index (χ4n) is 3.36. The summed E-state index contributed by atoms with van der Waals surface area (Å²) in [6.07, 6.45) is 1.76. The number of carbonyl (C=O) groups excluding carboxylic acids is 2. The van der Waals surface area contributed by atoms with Gasteiger partial charge in [-0.3, -0.25) is 9.59 Å². The van der Waals surface area contributed by atoms with Crippen LogP contribution < -0.4 is 10.1 Å². The van der Waals surface area contributed by atoms with Crippen molar-refractivity contribution in [2.75, 3.05) is 25.5 Å². The van der Waals surface area contributed by atoms with Crippen molar-refractivity contribution in [2.24, 2.45) is 0 Å². The highest BCUT2D eigenvalue weighted by Gasteiger charge is 2.14. The lowest BCUT2D eigenvalue weighted by Gasteiger charge is -2.18. The predicted octanol–water partition coefficient (Wildman–Crippen LogP) is 4.66. The van der Waals surface area contributed by atoms with Gasteiger partial charge in [-0.15, -0.1) is 0 Å². The van der Waals surface area contributed by atoms with Crippen molar-refractivity contribution in [2.45, 2.75) is 26.2 Å². The van der Waals surface area contributed by atoms with Crippen LogP contribution >= 0.6 is 0 Å². The number of likely N-dealkylation sites (N-methyl/N-ethyl adjacent to an activating group) is 1. The summed E-state index contributed by atoms with van der Waals surface area (Å²) in [5.74, 6) is 0.553. The Hall–Kier alpha value is -3.34. The fourth-order valence-corrected chi connectivity index (χ4v) is 3.36. The first-order valence-corrected chi connectivity index (χ1v) is 10.3. The number of amides is 2. The Kier molecular flexibility index (Phi) is 7.44. The van der Waals surface area contributed by atoms with Crippen LogP contribution in [0.1, 0.15) is 25.3 Å². The maximum atomic E-state index is 12.4. The van der Waals surface area contributed by atoms with Gasteiger partial charge in [-0.25, -0.2) is 0 Å². The van der Waals surface area contributed by atoms with Crippen LogP contribution in [0, 0.1) is 0 Å². The zero-order valence-electron chi connectivity index (χ0n) is 17.6. The van der Waals surface area contributed by atoms with Crippen molar-refractivity contribution in [1.82, 2.24) is 4.90 Å². The summed E-state index contributed by atoms with van der Waals surface area (Å²) in [4.78, 5) is 26.1. The molecule has 3 rings (SSSR count). The number of ether oxygens (including phenoxy) is 1. The number of hydrogen-bond donors (Lipinski definition) is 1. The van der Waals surface area contributed by atoms with Crippen LogP contribution in [-0.2, 0) is 16.0 Å². The highest BCUT2D eigenvalue weighted by atomic mass is 16.5. The van der Waals surface area contributed by atoms with Gasteiger partial charge in [0.05, 0.1) is 13.2 Å². The van der Waals surface area contributed by atoms with Crippen LogP contribution in [0.5, 0.6) is 5.75 Å². The third-order valence-electron chi connectivity index (χ3n) is 5.02. The SMILES string of the molecule is CCc1ccccc1NC(=O)CN(C)C(=O)CCCOc1cccc2ccccc12. The van der Waals surface area contributed by atoms with Gasteiger partial charge in [0.1, 0.15) is 5.75 Å². The fraction of sp³-hybridized carbons (Fsp3) is 0.280. The number of anilines is 1. The van der Waals surface area contributed by atoms with Gasteiger partial charge in [0, 0.05) is 24.5 Å². The number of hydrogen-bond acceptors (Lipinski definition) is 3. The summed E-state index contributed by atoms with van der Waals surface area (Å²) < 4.78 is 5.89. The van der Waals surface area contributed by atoms with E-state index in [1.54, 1.807) is 7.05 Å². The quantitative estimate of drug-likeness (QED) is 0.528. The third kappa shape index (κ3) is 5.60. The first-order chi connectivity index (χ1) is 14.6. The molecule has 0 aliphatic heterocycles. The average Bonchev–Trinajstić information content (AvgIpc) is 2.76. The lowest BCUT2D eigenvalue weighted by Crippen LogP contribution is -2.35. The summed E-state index contributed by atoms with van der Waals surface area (Å²) in [7, 11) is 1.65. The topological polar surface area (TPSA) is 58.6 Å². The van der Waals surface area contributed by atoms with Gasteiger partial charge in [-0.2, -0.15) is 0 Å². The number of nitrogens with one attached hydrogen (secondary N) is 1. The molecule has 0 radical (unpaired) electrons. The molecule has 0 aliphatic carbocycles. The monoisotopic (exact) mass is 404 g/mol. The molecule has 0 heterocycles. The highest BCUT2D eigenvalue weighted by Crippen LogP contribution is 2.25. The van der Waals surface area contributed by atoms with Crippen molar-refractivity contribution in [1.29, 1.82) is 0 Å². The lowest BCUT2D eigenvalue weighted by molar-refractivity contribution is -0.133. The molecule has 0 unspecified atom stereocenters. The zero-order valence-corrected chi connectivity index (χ0v) is 17.6. The molecule has 0 saturated carbocycles. The Morgan fingerprint density at radius 2 is 1.70 bits per heavy atom. The standard InChI is InChI=1S/C25H28N2O3/c1-3-19-10-5-7-14-22(19)26-24(28)18-27(2)25(29)16-9-17-30-23-15-8-12-20-11-4-6-13-21(20)23/h4-8,10-15H,3,9,16-18H2,1-2H3,(H,26,28). The highest BCUT2D eigenvalue weighted by molar-refractivity contribution is 5.95. The van der Waals surface area contributed by atoms with E-state index in [0.717, 1.165) is 34.2 Å². The molecule has 1 N–H and O–H groups in total. The van der Waals surface area contributed by atoms with Crippen molar-refractivity contribution >= 4 is 28.3 Å². The first kappa shape index (κ1) is 21.4. The van der Waals surface area contributed by atoms with E-state index in [1.807, 2.05) is 73.7 Å². The number of rotatable bonds is 9. The molecule has 30 heavy (non-hydrogen) atoms. The Balaban J connectivity index is 1.43. The van der Waals surface area contributed by atoms with Gasteiger partial charge in [-0.05, 0) is 35.9 Å². The van der Waals surface area contributed by atoms with Crippen molar-refractivity contribution in [3.05, 3.63) is 72.3 Å². The predicted molar refractivity (Wildman–Crippen MR) is 121 cm³/mol. The minimum absolute atomic E-state index is 0.0288. The van der Waals surface area contributed by atoms with E-state index in [9.17, 15) is 9.59 Å². The van der Waals surface area contributed by atoms with E-state index in [1.165, 1.54) is 4.90 Å². The summed E-state index contributed by atoms with van der Waals surface area (Å²) in [5.41, 5.74) is 1.87. The van der Waals surface area contributed by atoms with Crippen LogP contribution in [0.15, 0.2) is 66.7 Å². The van der Waals surface area contributed by atoms with Crippen molar-refractivity contribution in [3.63, 3.8) is 0 Å². The molecule has 0 saturated heterocycles. The van der Waals surface area contributed by atoms with E-state index >= 15 is 0 Å². The number of benzene rings is 3. The molecular weight excluding hydrogens is 376 g/mol. The normalized spacial score (nSPS) is 10.6. The zero-order chi connectivity index (χ0) is 21.3. The first-order valence-electron chi connectivity index (χ1n) is 10.3. The van der Waals surface area contributed by atoms with Gasteiger partial charge in [0.15, 0.2) is 0 Å². The molecule has 2 amide bonds. The summed E-state index contributed by atoms with van der Waals surface area (Å²) in [6.45, 7) is 2.52. The Morgan fingerprint density at radius 3 is 2.53 bits per heavy atom. The molecule has 156 valence electrons. The van der Waals surface area contributed by atoms with Gasteiger partial charge in [-0.1, -0.05) is 61.5 Å². The Labute approximate surface area is 177 Å². The molecule has 3 aromatic carbocycles. The van der Waals surface area contributed by atoms with E-state index in [-0.39, 0.29) is 18.4 Å². The second-order valence-electron chi connectivity index (χ2n) is 7.24. The second-order valence-corrected chi connectivity index (χ2v) is 7.24. The summed E-state index contributed by atoms with van der Waals surface area (Å²) in [6, 6.07) is 21.7. The minimum atomic E-state index is -0.196. The minimum Gasteiger partial charge on any atom is -0.493 e. The number of carbonyl (C=O) groups is 2. The smallest absolute Gasteiger partial charge is 0.243 e. The molecule has 0 atom stereocenters. The van der Waals surface area contributed by atoms with E-state index in [4.69, 9.17) is 4.74 Å². The molecule has 0 fully saturated rings. The van der Waals surface area contributed by atoms with Crippen molar-refractivity contribution < 1.29 is 14.3 Å². The van der Waals surface area contributed by atoms with Gasteiger partial charge in [0.25, 0.3) is 0 Å². The molecule has 3 aromatic rings. The lowest BCUT2D eigenvalue weighted by atomic mass is 10.1. The number of fused-ring (bicyclic) bond motifs is 1. The molecule has 5 nitrogen and oxygen atoms in total. The Bertz CT molecular complexity index is 1010. The van der Waals surface area contributed by atoms with Crippen molar-refractivity contribution in [3.8, 4) is 5.75 Å². The third-order valence-corrected chi connectivity index (χ3v) is 5.02. The van der Waals surface area contributed by atoms with Crippen LogP contribution in [0.4, 0.5) is 5.69 Å². The van der Waals surface area contributed by atoms with E-state index in [2.05, 4.69) is 5.32 Å². The molecule has 0 bridgehead atoms. The molecule has 5 heteroatoms. The maximum absolute atomic E-state index is 12.4. The Morgan fingerprint density at radius 1 is 0.967 bits per heavy atom. The second kappa shape index (κ2) is 10.4. The number of para-hydroxylation sites is 1. The number of aryl methyl sites for hydroxylation is 1. The number of nitrogens with zero attached hydrogens (tertiary/aromatic N) is 1. The maximum Gasteiger partial charge on any atom is 0.243 e. The van der Waals surface area contributed by atoms with E-state index < -0.39 is 0 Å². The largest absolute Gasteiger partial charge is 0.493 e. The van der Waals surface area contributed by atoms with Gasteiger partial charge < -0.3 is 15.0 Å².